The van der Waals surface area contributed by atoms with E-state index < -0.39 is 0 Å². The molecule has 1 N–H and O–H groups in total. The van der Waals surface area contributed by atoms with Crippen LogP contribution in [0.15, 0.2) is 54.2 Å². The van der Waals surface area contributed by atoms with Gasteiger partial charge in [0.15, 0.2) is 5.16 Å². The van der Waals surface area contributed by atoms with Gasteiger partial charge in [-0.2, -0.15) is 5.10 Å². The number of rotatable bonds is 8. The highest BCUT2D eigenvalue weighted by Crippen LogP contribution is 2.18. The molecular weight excluding hydrogens is 348 g/mol. The summed E-state index contributed by atoms with van der Waals surface area (Å²) >= 11 is 1.40. The number of thioether (sulfide) groups is 1. The molecule has 0 unspecified atom stereocenters. The van der Waals surface area contributed by atoms with E-state index in [9.17, 15) is 4.79 Å². The van der Waals surface area contributed by atoms with Gasteiger partial charge < -0.3 is 9.88 Å². The Morgan fingerprint density at radius 1 is 1.27 bits per heavy atom. The second-order valence-electron chi connectivity index (χ2n) is 6.12. The average molecular weight is 370 g/mol. The molecule has 2 aromatic heterocycles. The second-order valence-corrected chi connectivity index (χ2v) is 7.06. The van der Waals surface area contributed by atoms with Crippen LogP contribution in [0.4, 0.5) is 0 Å². The first-order valence-electron chi connectivity index (χ1n) is 8.51. The Morgan fingerprint density at radius 3 is 2.77 bits per heavy atom. The molecule has 0 spiro atoms. The van der Waals surface area contributed by atoms with Crippen LogP contribution in [0, 0.1) is 0 Å². The van der Waals surface area contributed by atoms with Crippen molar-refractivity contribution >= 4 is 17.7 Å². The molecular formula is C18H22N6OS. The third kappa shape index (κ3) is 4.72. The third-order valence-corrected chi connectivity index (χ3v) is 4.83. The van der Waals surface area contributed by atoms with Gasteiger partial charge in [-0.3, -0.25) is 4.79 Å². The first-order chi connectivity index (χ1) is 12.6. The zero-order valence-corrected chi connectivity index (χ0v) is 15.7. The van der Waals surface area contributed by atoms with E-state index in [1.54, 1.807) is 12.5 Å². The molecule has 0 saturated heterocycles. The van der Waals surface area contributed by atoms with Gasteiger partial charge in [-0.1, -0.05) is 23.9 Å². The average Bonchev–Trinajstić information content (AvgIpc) is 3.32. The van der Waals surface area contributed by atoms with E-state index in [1.165, 1.54) is 17.3 Å². The number of aromatic nitrogens is 5. The number of nitrogens with zero attached hydrogens (tertiary/aromatic N) is 5. The lowest BCUT2D eigenvalue weighted by Gasteiger charge is -2.09. The maximum atomic E-state index is 12.0. The number of hydrogen-bond donors (Lipinski definition) is 1. The number of benzene rings is 1. The molecule has 0 saturated carbocycles. The number of hydrogen-bond acceptors (Lipinski definition) is 5. The van der Waals surface area contributed by atoms with E-state index >= 15 is 0 Å². The van der Waals surface area contributed by atoms with Gasteiger partial charge in [0.2, 0.25) is 5.91 Å². The molecule has 0 aliphatic heterocycles. The Labute approximate surface area is 156 Å². The molecule has 1 aromatic carbocycles. The molecule has 0 atom stereocenters. The zero-order valence-electron chi connectivity index (χ0n) is 14.9. The Kier molecular flexibility index (Phi) is 6.06. The predicted molar refractivity (Wildman–Crippen MR) is 101 cm³/mol. The van der Waals surface area contributed by atoms with Crippen LogP contribution >= 0.6 is 11.8 Å². The van der Waals surface area contributed by atoms with Gasteiger partial charge in [-0.25, -0.2) is 4.68 Å². The lowest BCUT2D eigenvalue weighted by atomic mass is 10.1. The molecule has 26 heavy (non-hydrogen) atoms. The highest BCUT2D eigenvalue weighted by atomic mass is 32.2. The Bertz CT molecular complexity index is 826. The van der Waals surface area contributed by atoms with E-state index in [0.717, 1.165) is 17.3 Å². The summed E-state index contributed by atoms with van der Waals surface area (Å²) in [5, 5.41) is 15.9. The van der Waals surface area contributed by atoms with Gasteiger partial charge in [0.1, 0.15) is 6.33 Å². The summed E-state index contributed by atoms with van der Waals surface area (Å²) < 4.78 is 3.78. The normalized spacial score (nSPS) is 11.0. The van der Waals surface area contributed by atoms with Crippen molar-refractivity contribution in [3.05, 3.63) is 54.6 Å². The van der Waals surface area contributed by atoms with Crippen molar-refractivity contribution in [2.45, 2.75) is 31.5 Å². The number of carbonyl (C=O) groups is 1. The summed E-state index contributed by atoms with van der Waals surface area (Å²) in [7, 11) is 0. The van der Waals surface area contributed by atoms with Crippen molar-refractivity contribution in [1.29, 1.82) is 0 Å². The van der Waals surface area contributed by atoms with Gasteiger partial charge in [0.25, 0.3) is 0 Å². The van der Waals surface area contributed by atoms with Crippen molar-refractivity contribution in [3.8, 4) is 5.69 Å². The van der Waals surface area contributed by atoms with Crippen LogP contribution in [0.25, 0.3) is 5.69 Å². The molecule has 0 fully saturated rings. The standard InChI is InChI=1S/C18H22N6OS/c1-14(2)23-13-20-22-18(23)26-12-17(25)19-10-8-15-4-6-16(7-5-15)24-11-3-9-21-24/h3-7,9,11,13-14H,8,10,12H2,1-2H3,(H,19,25). The topological polar surface area (TPSA) is 77.6 Å². The largest absolute Gasteiger partial charge is 0.355 e. The fourth-order valence-corrected chi connectivity index (χ4v) is 3.33. The Balaban J connectivity index is 1.41. The zero-order chi connectivity index (χ0) is 18.4. The van der Waals surface area contributed by atoms with E-state index in [0.29, 0.717) is 12.3 Å². The van der Waals surface area contributed by atoms with Crippen molar-refractivity contribution in [3.63, 3.8) is 0 Å². The van der Waals surface area contributed by atoms with Crippen LogP contribution in [0.5, 0.6) is 0 Å². The third-order valence-electron chi connectivity index (χ3n) is 3.87. The minimum atomic E-state index is 0.00136. The highest BCUT2D eigenvalue weighted by molar-refractivity contribution is 7.99. The predicted octanol–water partition coefficient (Wildman–Crippen LogP) is 2.50. The monoisotopic (exact) mass is 370 g/mol. The summed E-state index contributed by atoms with van der Waals surface area (Å²) in [6.45, 7) is 4.73. The lowest BCUT2D eigenvalue weighted by molar-refractivity contribution is -0.118. The SMILES string of the molecule is CC(C)n1cnnc1SCC(=O)NCCc1ccc(-n2cccn2)cc1. The summed E-state index contributed by atoms with van der Waals surface area (Å²) in [6.07, 6.45) is 6.15. The Morgan fingerprint density at radius 2 is 2.08 bits per heavy atom. The quantitative estimate of drug-likeness (QED) is 0.617. The number of carbonyl (C=O) groups excluding carboxylic acids is 1. The molecule has 7 nitrogen and oxygen atoms in total. The molecule has 8 heteroatoms. The number of amides is 1. The summed E-state index contributed by atoms with van der Waals surface area (Å²) in [6, 6.07) is 10.3. The maximum absolute atomic E-state index is 12.0. The maximum Gasteiger partial charge on any atom is 0.230 e. The van der Waals surface area contributed by atoms with Crippen LogP contribution in [0.2, 0.25) is 0 Å². The lowest BCUT2D eigenvalue weighted by Crippen LogP contribution is -2.27. The molecule has 0 radical (unpaired) electrons. The minimum Gasteiger partial charge on any atom is -0.355 e. The summed E-state index contributed by atoms with van der Waals surface area (Å²) in [4.78, 5) is 12.0. The number of nitrogens with one attached hydrogen (secondary N) is 1. The van der Waals surface area contributed by atoms with Gasteiger partial charge in [0.05, 0.1) is 11.4 Å². The van der Waals surface area contributed by atoms with Crippen molar-refractivity contribution < 1.29 is 4.79 Å². The molecule has 136 valence electrons. The van der Waals surface area contributed by atoms with Gasteiger partial charge in [-0.15, -0.1) is 10.2 Å². The highest BCUT2D eigenvalue weighted by Gasteiger charge is 2.10. The van der Waals surface area contributed by atoms with Gasteiger partial charge in [-0.05, 0) is 44.0 Å². The van der Waals surface area contributed by atoms with E-state index in [4.69, 9.17) is 0 Å². The van der Waals surface area contributed by atoms with Crippen molar-refractivity contribution in [1.82, 2.24) is 29.9 Å². The molecule has 0 bridgehead atoms. The molecule has 1 amide bonds. The van der Waals surface area contributed by atoms with E-state index in [2.05, 4.69) is 46.6 Å². The fourth-order valence-electron chi connectivity index (χ4n) is 2.45. The van der Waals surface area contributed by atoms with E-state index in [-0.39, 0.29) is 11.9 Å². The first kappa shape index (κ1) is 18.2. The Hall–Kier alpha value is -2.61. The summed E-state index contributed by atoms with van der Waals surface area (Å²) in [5.74, 6) is 0.338. The van der Waals surface area contributed by atoms with Crippen molar-refractivity contribution in [2.24, 2.45) is 0 Å². The molecule has 0 aliphatic carbocycles. The van der Waals surface area contributed by atoms with Crippen LogP contribution in [-0.2, 0) is 11.2 Å². The van der Waals surface area contributed by atoms with Crippen LogP contribution in [-0.4, -0.2) is 42.7 Å². The van der Waals surface area contributed by atoms with Gasteiger partial charge in [0, 0.05) is 25.0 Å². The van der Waals surface area contributed by atoms with Crippen LogP contribution in [0.3, 0.4) is 0 Å². The first-order valence-corrected chi connectivity index (χ1v) is 9.50. The van der Waals surface area contributed by atoms with Crippen LogP contribution in [0.1, 0.15) is 25.5 Å². The molecule has 3 aromatic rings. The van der Waals surface area contributed by atoms with E-state index in [1.807, 2.05) is 33.6 Å². The molecule has 2 heterocycles. The van der Waals surface area contributed by atoms with Crippen LogP contribution < -0.4 is 5.32 Å². The molecule has 0 aliphatic rings. The fraction of sp³-hybridized carbons (Fsp3) is 0.333. The van der Waals surface area contributed by atoms with Gasteiger partial charge >= 0.3 is 0 Å². The molecule has 3 rings (SSSR count). The minimum absolute atomic E-state index is 0.00136. The summed E-state index contributed by atoms with van der Waals surface area (Å²) in [5.41, 5.74) is 2.20. The van der Waals surface area contributed by atoms with Crippen molar-refractivity contribution in [2.75, 3.05) is 12.3 Å². The second kappa shape index (κ2) is 8.66. The smallest absolute Gasteiger partial charge is 0.230 e.